The van der Waals surface area contributed by atoms with Crippen LogP contribution in [0.2, 0.25) is 0 Å². The van der Waals surface area contributed by atoms with E-state index in [9.17, 15) is 14.4 Å². The van der Waals surface area contributed by atoms with Crippen molar-refractivity contribution in [1.82, 2.24) is 19.1 Å². The number of para-hydroxylation sites is 1. The number of benzene rings is 1. The second-order valence-corrected chi connectivity index (χ2v) is 8.44. The first-order valence-corrected chi connectivity index (χ1v) is 10.9. The van der Waals surface area contributed by atoms with E-state index in [0.717, 1.165) is 30.3 Å². The summed E-state index contributed by atoms with van der Waals surface area (Å²) in [6.45, 7) is 0. The van der Waals surface area contributed by atoms with Crippen LogP contribution in [0.4, 0.5) is 5.69 Å². The largest absolute Gasteiger partial charge is 0.332 e. The average Bonchev–Trinajstić information content (AvgIpc) is 3.30. The third-order valence-corrected chi connectivity index (χ3v) is 6.38. The highest BCUT2D eigenvalue weighted by atomic mass is 32.2. The summed E-state index contributed by atoms with van der Waals surface area (Å²) in [5, 5.41) is 3.56. The van der Waals surface area contributed by atoms with Gasteiger partial charge in [-0.05, 0) is 25.0 Å². The number of hydrogen-bond donors (Lipinski definition) is 1. The Hall–Kier alpha value is -2.94. The normalized spacial score (nSPS) is 14.3. The van der Waals surface area contributed by atoms with Gasteiger partial charge < -0.3 is 5.32 Å². The van der Waals surface area contributed by atoms with Gasteiger partial charge in [0.1, 0.15) is 16.2 Å². The summed E-state index contributed by atoms with van der Waals surface area (Å²) in [7, 11) is 3.04. The number of carbonyl (C=O) groups excluding carboxylic acids is 1. The number of hydrogen-bond acceptors (Lipinski definition) is 6. The van der Waals surface area contributed by atoms with Gasteiger partial charge in [0.2, 0.25) is 5.91 Å². The van der Waals surface area contributed by atoms with Crippen molar-refractivity contribution in [3.63, 3.8) is 0 Å². The van der Waals surface area contributed by atoms with Gasteiger partial charge in [0, 0.05) is 25.7 Å². The summed E-state index contributed by atoms with van der Waals surface area (Å²) in [5.74, 6) is 0.763. The highest BCUT2D eigenvalue weighted by Gasteiger charge is 2.24. The van der Waals surface area contributed by atoms with Crippen molar-refractivity contribution in [3.8, 4) is 0 Å². The van der Waals surface area contributed by atoms with E-state index >= 15 is 0 Å². The molecule has 1 fully saturated rings. The van der Waals surface area contributed by atoms with E-state index in [-0.39, 0.29) is 23.0 Å². The number of thioether (sulfide) groups is 1. The third kappa shape index (κ3) is 3.89. The molecule has 2 aromatic heterocycles. The molecule has 1 aliphatic rings. The summed E-state index contributed by atoms with van der Waals surface area (Å²) >= 11 is 1.20. The van der Waals surface area contributed by atoms with Gasteiger partial charge in [-0.3, -0.25) is 18.7 Å². The van der Waals surface area contributed by atoms with Gasteiger partial charge in [-0.1, -0.05) is 42.8 Å². The van der Waals surface area contributed by atoms with Gasteiger partial charge in [-0.15, -0.1) is 0 Å². The topological polar surface area (TPSA) is 98.9 Å². The Labute approximate surface area is 177 Å². The minimum absolute atomic E-state index is 0.0944. The maximum absolute atomic E-state index is 12.8. The Morgan fingerprint density at radius 3 is 2.50 bits per heavy atom. The van der Waals surface area contributed by atoms with Crippen molar-refractivity contribution >= 4 is 34.4 Å². The lowest BCUT2D eigenvalue weighted by atomic mass is 10.1. The zero-order valence-electron chi connectivity index (χ0n) is 16.9. The Kier molecular flexibility index (Phi) is 5.72. The third-order valence-electron chi connectivity index (χ3n) is 5.40. The molecule has 0 saturated heterocycles. The Morgan fingerprint density at radius 2 is 1.80 bits per heavy atom. The fraction of sp³-hybridized carbons (Fsp3) is 0.381. The standard InChI is InChI=1S/C21H23N5O3S/c1-25-18-16(20(28)26(2)21(25)29)19(24-17(23-18)13-8-6-7-9-13)30-12-15(27)22-14-10-4-3-5-11-14/h3-5,10-11,13H,6-9,12H2,1-2H3,(H,22,27). The van der Waals surface area contributed by atoms with Crippen molar-refractivity contribution in [3.05, 3.63) is 57.0 Å². The van der Waals surface area contributed by atoms with Crippen molar-refractivity contribution in [1.29, 1.82) is 0 Å². The van der Waals surface area contributed by atoms with Gasteiger partial charge in [-0.2, -0.15) is 0 Å². The summed E-state index contributed by atoms with van der Waals surface area (Å²) in [6.07, 6.45) is 4.21. The minimum Gasteiger partial charge on any atom is -0.325 e. The highest BCUT2D eigenvalue weighted by Crippen LogP contribution is 2.34. The van der Waals surface area contributed by atoms with Gasteiger partial charge in [-0.25, -0.2) is 14.8 Å². The second-order valence-electron chi connectivity index (χ2n) is 7.48. The van der Waals surface area contributed by atoms with E-state index in [4.69, 9.17) is 0 Å². The van der Waals surface area contributed by atoms with Crippen LogP contribution in [0.3, 0.4) is 0 Å². The lowest BCUT2D eigenvalue weighted by molar-refractivity contribution is -0.113. The summed E-state index contributed by atoms with van der Waals surface area (Å²) in [6, 6.07) is 9.19. The molecule has 2 heterocycles. The molecule has 1 aromatic carbocycles. The van der Waals surface area contributed by atoms with Crippen LogP contribution in [0.5, 0.6) is 0 Å². The average molecular weight is 426 g/mol. The molecular formula is C21H23N5O3S. The van der Waals surface area contributed by atoms with E-state index in [2.05, 4.69) is 15.3 Å². The van der Waals surface area contributed by atoms with Gasteiger partial charge in [0.15, 0.2) is 5.65 Å². The molecule has 1 aliphatic carbocycles. The molecule has 156 valence electrons. The fourth-order valence-electron chi connectivity index (χ4n) is 3.77. The van der Waals surface area contributed by atoms with Crippen molar-refractivity contribution in [2.24, 2.45) is 14.1 Å². The van der Waals surface area contributed by atoms with Crippen molar-refractivity contribution in [2.75, 3.05) is 11.1 Å². The van der Waals surface area contributed by atoms with E-state index in [0.29, 0.717) is 22.2 Å². The number of amides is 1. The second kappa shape index (κ2) is 8.43. The number of anilines is 1. The first kappa shape index (κ1) is 20.3. The molecule has 9 heteroatoms. The van der Waals surface area contributed by atoms with E-state index in [1.165, 1.54) is 23.4 Å². The fourth-order valence-corrected chi connectivity index (χ4v) is 4.59. The molecule has 4 rings (SSSR count). The summed E-state index contributed by atoms with van der Waals surface area (Å²) in [4.78, 5) is 47.0. The molecule has 0 atom stereocenters. The summed E-state index contributed by atoms with van der Waals surface area (Å²) < 4.78 is 2.43. The van der Waals surface area contributed by atoms with Gasteiger partial charge in [0.05, 0.1) is 5.75 Å². The maximum atomic E-state index is 12.8. The van der Waals surface area contributed by atoms with E-state index < -0.39 is 11.2 Å². The van der Waals surface area contributed by atoms with Crippen LogP contribution in [-0.4, -0.2) is 30.8 Å². The van der Waals surface area contributed by atoms with Crippen LogP contribution in [0.1, 0.15) is 37.4 Å². The van der Waals surface area contributed by atoms with Crippen molar-refractivity contribution in [2.45, 2.75) is 36.6 Å². The molecule has 3 aromatic rings. The van der Waals surface area contributed by atoms with Gasteiger partial charge >= 0.3 is 5.69 Å². The first-order chi connectivity index (χ1) is 14.5. The lowest BCUT2D eigenvalue weighted by Gasteiger charge is -2.14. The quantitative estimate of drug-likeness (QED) is 0.498. The molecule has 30 heavy (non-hydrogen) atoms. The van der Waals surface area contributed by atoms with Crippen LogP contribution >= 0.6 is 11.8 Å². The molecule has 0 aliphatic heterocycles. The Bertz CT molecular complexity index is 1210. The smallest absolute Gasteiger partial charge is 0.325 e. The number of aromatic nitrogens is 4. The monoisotopic (exact) mass is 425 g/mol. The first-order valence-electron chi connectivity index (χ1n) is 9.91. The van der Waals surface area contributed by atoms with Gasteiger partial charge in [0.25, 0.3) is 5.56 Å². The minimum atomic E-state index is -0.447. The van der Waals surface area contributed by atoms with E-state index in [1.807, 2.05) is 30.3 Å². The number of carbonyl (C=O) groups is 1. The number of nitrogens with one attached hydrogen (secondary N) is 1. The Balaban J connectivity index is 1.72. The predicted molar refractivity (Wildman–Crippen MR) is 117 cm³/mol. The number of fused-ring (bicyclic) bond motifs is 1. The van der Waals surface area contributed by atoms with Crippen molar-refractivity contribution < 1.29 is 4.79 Å². The SMILES string of the molecule is Cn1c(=O)c2c(SCC(=O)Nc3ccccc3)nc(C3CCCC3)nc2n(C)c1=O. The zero-order valence-corrected chi connectivity index (χ0v) is 17.7. The zero-order chi connectivity index (χ0) is 21.3. The molecular weight excluding hydrogens is 402 g/mol. The molecule has 0 unspecified atom stereocenters. The highest BCUT2D eigenvalue weighted by molar-refractivity contribution is 8.00. The molecule has 0 spiro atoms. The molecule has 1 N–H and O–H groups in total. The number of rotatable bonds is 5. The van der Waals surface area contributed by atoms with E-state index in [1.54, 1.807) is 7.05 Å². The molecule has 0 radical (unpaired) electrons. The molecule has 1 amide bonds. The lowest BCUT2D eigenvalue weighted by Crippen LogP contribution is -2.38. The van der Waals surface area contributed by atoms with Crippen LogP contribution < -0.4 is 16.6 Å². The van der Waals surface area contributed by atoms with Crippen LogP contribution in [0, 0.1) is 0 Å². The van der Waals surface area contributed by atoms with Crippen LogP contribution in [-0.2, 0) is 18.9 Å². The van der Waals surface area contributed by atoms with Crippen LogP contribution in [0.15, 0.2) is 44.9 Å². The molecule has 1 saturated carbocycles. The molecule has 8 nitrogen and oxygen atoms in total. The number of aryl methyl sites for hydroxylation is 1. The summed E-state index contributed by atoms with van der Waals surface area (Å²) in [5.41, 5.74) is 0.157. The maximum Gasteiger partial charge on any atom is 0.332 e. The number of nitrogens with zero attached hydrogens (tertiary/aromatic N) is 4. The molecule has 0 bridgehead atoms. The van der Waals surface area contributed by atoms with Crippen LogP contribution in [0.25, 0.3) is 11.0 Å². The predicted octanol–water partition coefficient (Wildman–Crippen LogP) is 2.42. The Morgan fingerprint density at radius 1 is 1.10 bits per heavy atom.